The predicted molar refractivity (Wildman–Crippen MR) is 219 cm³/mol. The van der Waals surface area contributed by atoms with Crippen molar-refractivity contribution in [3.05, 3.63) is 72.7 Å². The van der Waals surface area contributed by atoms with Crippen molar-refractivity contribution in [2.24, 2.45) is 18.9 Å². The van der Waals surface area contributed by atoms with Crippen LogP contribution in [0.2, 0.25) is 0 Å². The number of hydrogen-bond acceptors (Lipinski definition) is 8. The summed E-state index contributed by atoms with van der Waals surface area (Å²) >= 11 is 0. The molecule has 2 fully saturated rings. The number of amides is 4. The molecule has 15 nitrogen and oxygen atoms in total. The largest absolute Gasteiger partial charge is 0.453 e. The van der Waals surface area contributed by atoms with Crippen LogP contribution in [0.3, 0.4) is 0 Å². The predicted octanol–water partition coefficient (Wildman–Crippen LogP) is 6.71. The molecule has 0 bridgehead atoms. The van der Waals surface area contributed by atoms with Crippen molar-refractivity contribution >= 4 is 34.9 Å². The number of H-pyrrole nitrogens is 2. The monoisotopic (exact) mass is 791 g/mol. The molecule has 58 heavy (non-hydrogen) atoms. The lowest BCUT2D eigenvalue weighted by molar-refractivity contribution is -0.136. The molecule has 7 rings (SSSR count). The van der Waals surface area contributed by atoms with Gasteiger partial charge in [-0.3, -0.25) is 9.59 Å². The number of imidazole rings is 2. The van der Waals surface area contributed by atoms with Crippen LogP contribution in [0.4, 0.5) is 9.59 Å². The number of ether oxygens (including phenoxy) is 2. The van der Waals surface area contributed by atoms with Crippen molar-refractivity contribution in [2.45, 2.75) is 77.5 Å². The van der Waals surface area contributed by atoms with Gasteiger partial charge in [0.25, 0.3) is 0 Å². The van der Waals surface area contributed by atoms with Gasteiger partial charge in [0.05, 0.1) is 43.2 Å². The van der Waals surface area contributed by atoms with Gasteiger partial charge in [-0.2, -0.15) is 0 Å². The molecule has 0 saturated carbocycles. The van der Waals surface area contributed by atoms with Crippen LogP contribution in [0, 0.1) is 11.8 Å². The van der Waals surface area contributed by atoms with Crippen LogP contribution in [0.1, 0.15) is 77.1 Å². The summed E-state index contributed by atoms with van der Waals surface area (Å²) in [5.41, 5.74) is 6.65. The van der Waals surface area contributed by atoms with E-state index < -0.39 is 24.3 Å². The molecule has 15 heteroatoms. The molecule has 4 amide bonds. The number of rotatable bonds is 11. The number of carbonyl (C=O) groups excluding carboxylic acids is 4. The number of carbonyl (C=O) groups is 4. The van der Waals surface area contributed by atoms with Crippen LogP contribution in [0.25, 0.3) is 44.5 Å². The van der Waals surface area contributed by atoms with Gasteiger partial charge in [0.2, 0.25) is 11.8 Å². The maximum absolute atomic E-state index is 13.7. The molecule has 0 spiro atoms. The minimum absolute atomic E-state index is 0.112. The van der Waals surface area contributed by atoms with Gasteiger partial charge in [-0.1, -0.05) is 58.0 Å². The molecular formula is C43H53N9O6. The van der Waals surface area contributed by atoms with E-state index in [0.717, 1.165) is 76.1 Å². The number of fused-ring (bicyclic) bond motifs is 1. The summed E-state index contributed by atoms with van der Waals surface area (Å²) in [6, 6.07) is 12.8. The molecule has 0 unspecified atom stereocenters. The van der Waals surface area contributed by atoms with E-state index in [-0.39, 0.29) is 35.7 Å². The molecule has 2 aliphatic rings. The number of nitrogens with one attached hydrogen (secondary N) is 4. The highest BCUT2D eigenvalue weighted by molar-refractivity contribution is 6.03. The first-order valence-corrected chi connectivity index (χ1v) is 20.0. The molecule has 3 aromatic heterocycles. The van der Waals surface area contributed by atoms with Gasteiger partial charge in [-0.05, 0) is 60.8 Å². The average molecular weight is 792 g/mol. The van der Waals surface area contributed by atoms with E-state index in [1.54, 1.807) is 0 Å². The number of aromatic nitrogens is 5. The maximum atomic E-state index is 13.7. The number of nitrogens with zero attached hydrogens (tertiary/aromatic N) is 5. The Kier molecular flexibility index (Phi) is 11.6. The van der Waals surface area contributed by atoms with Gasteiger partial charge < -0.3 is 44.4 Å². The lowest BCUT2D eigenvalue weighted by atomic mass is 9.97. The second-order valence-corrected chi connectivity index (χ2v) is 15.9. The van der Waals surface area contributed by atoms with E-state index in [9.17, 15) is 19.2 Å². The van der Waals surface area contributed by atoms with E-state index in [4.69, 9.17) is 19.4 Å². The Morgan fingerprint density at radius 3 is 1.69 bits per heavy atom. The molecular weight excluding hydrogens is 739 g/mol. The van der Waals surface area contributed by atoms with Crippen molar-refractivity contribution in [1.29, 1.82) is 0 Å². The highest BCUT2D eigenvalue weighted by Crippen LogP contribution is 2.39. The van der Waals surface area contributed by atoms with Crippen LogP contribution in [0.15, 0.2) is 61.1 Å². The fourth-order valence-corrected chi connectivity index (χ4v) is 8.38. The number of likely N-dealkylation sites (tertiary alicyclic amines) is 2. The lowest BCUT2D eigenvalue weighted by Crippen LogP contribution is -2.51. The minimum Gasteiger partial charge on any atom is -0.453 e. The molecule has 306 valence electrons. The molecule has 0 aliphatic carbocycles. The van der Waals surface area contributed by atoms with Gasteiger partial charge in [0.1, 0.15) is 23.7 Å². The Morgan fingerprint density at radius 2 is 1.17 bits per heavy atom. The number of benzene rings is 2. The van der Waals surface area contributed by atoms with Crippen molar-refractivity contribution in [2.75, 3.05) is 27.3 Å². The Bertz CT molecular complexity index is 2290. The van der Waals surface area contributed by atoms with E-state index in [0.29, 0.717) is 18.9 Å². The Hall–Kier alpha value is -6.12. The smallest absolute Gasteiger partial charge is 0.407 e. The first kappa shape index (κ1) is 40.1. The second kappa shape index (κ2) is 16.8. The van der Waals surface area contributed by atoms with Gasteiger partial charge in [-0.15, -0.1) is 0 Å². The molecule has 4 N–H and O–H groups in total. The van der Waals surface area contributed by atoms with E-state index in [1.165, 1.54) is 14.2 Å². The van der Waals surface area contributed by atoms with Crippen molar-refractivity contribution in [3.63, 3.8) is 0 Å². The topological polar surface area (TPSA) is 180 Å². The first-order valence-electron chi connectivity index (χ1n) is 20.0. The first-order chi connectivity index (χ1) is 27.9. The normalized spacial score (nSPS) is 17.9. The van der Waals surface area contributed by atoms with Gasteiger partial charge in [0.15, 0.2) is 0 Å². The van der Waals surface area contributed by atoms with Crippen LogP contribution >= 0.6 is 0 Å². The van der Waals surface area contributed by atoms with E-state index in [2.05, 4.69) is 73.8 Å². The SMILES string of the molecule is COC(=O)N[C@H](C(=O)N1CCC[C@H]1c1nc(-c2ccc(-c3ccc(-c4c[nH]c([C@@H]5CCCN5C(=O)[C@@H](NC(=O)OC)C(C)C)n4)c4c3ccn4C)cc2)c[nH]1)C(C)C. The number of methoxy groups -OCH3 is 2. The fraction of sp³-hybridized carbons (Fsp3) is 0.442. The van der Waals surface area contributed by atoms with Crippen molar-refractivity contribution in [1.82, 2.24) is 44.9 Å². The molecule has 4 atom stereocenters. The Morgan fingerprint density at radius 1 is 0.690 bits per heavy atom. The molecule has 0 radical (unpaired) electrons. The molecule has 2 saturated heterocycles. The summed E-state index contributed by atoms with van der Waals surface area (Å²) in [5.74, 6) is 0.915. The van der Waals surface area contributed by atoms with Crippen molar-refractivity contribution in [3.8, 4) is 33.6 Å². The second-order valence-electron chi connectivity index (χ2n) is 15.9. The highest BCUT2D eigenvalue weighted by Gasteiger charge is 2.39. The number of aryl methyl sites for hydroxylation is 1. The Balaban J connectivity index is 1.09. The Labute approximate surface area is 337 Å². The highest BCUT2D eigenvalue weighted by atomic mass is 16.5. The van der Waals surface area contributed by atoms with Crippen LogP contribution in [-0.2, 0) is 26.1 Å². The fourth-order valence-electron chi connectivity index (χ4n) is 8.38. The molecule has 5 heterocycles. The third-order valence-corrected chi connectivity index (χ3v) is 11.5. The van der Waals surface area contributed by atoms with Gasteiger partial charge in [0, 0.05) is 55.2 Å². The standard InChI is InChI=1S/C43H53N9O6/c1-24(2)35(48-42(55)57-6)40(53)51-19-8-10-33(51)38-44-22-31(46-38)27-14-12-26(13-15-27)28-16-17-30(37-29(28)18-21-50(37)5)32-23-45-39(47-32)34-11-9-20-52(34)41(54)36(25(3)4)49-43(56)58-7/h12-18,21-25,33-36H,8-11,19-20H2,1-7H3,(H,44,46)(H,45,47)(H,48,55)(H,49,56)/t33-,34-,35-,36-/m0/s1. The molecule has 5 aromatic rings. The summed E-state index contributed by atoms with van der Waals surface area (Å²) in [6.07, 6.45) is 7.80. The molecule has 2 aromatic carbocycles. The third kappa shape index (κ3) is 7.77. The maximum Gasteiger partial charge on any atom is 0.407 e. The average Bonchev–Trinajstić information content (AvgIpc) is 4.08. The number of alkyl carbamates (subject to hydrolysis) is 2. The zero-order chi connectivity index (χ0) is 41.2. The summed E-state index contributed by atoms with van der Waals surface area (Å²) in [4.78, 5) is 71.6. The van der Waals surface area contributed by atoms with Crippen LogP contribution in [-0.4, -0.2) is 97.7 Å². The third-order valence-electron chi connectivity index (χ3n) is 11.5. The van der Waals surface area contributed by atoms with Crippen LogP contribution < -0.4 is 10.6 Å². The number of hydrogen-bond donors (Lipinski definition) is 4. The van der Waals surface area contributed by atoms with E-state index in [1.807, 2.05) is 56.9 Å². The lowest BCUT2D eigenvalue weighted by Gasteiger charge is -2.29. The number of aromatic amines is 2. The zero-order valence-corrected chi connectivity index (χ0v) is 34.2. The zero-order valence-electron chi connectivity index (χ0n) is 34.2. The van der Waals surface area contributed by atoms with Crippen molar-refractivity contribution < 1.29 is 28.7 Å². The summed E-state index contributed by atoms with van der Waals surface area (Å²) in [7, 11) is 4.61. The summed E-state index contributed by atoms with van der Waals surface area (Å²) in [6.45, 7) is 8.78. The van der Waals surface area contributed by atoms with Gasteiger partial charge >= 0.3 is 12.2 Å². The summed E-state index contributed by atoms with van der Waals surface area (Å²) in [5, 5.41) is 6.50. The minimum atomic E-state index is -0.703. The van der Waals surface area contributed by atoms with Crippen LogP contribution in [0.5, 0.6) is 0 Å². The summed E-state index contributed by atoms with van der Waals surface area (Å²) < 4.78 is 11.7. The van der Waals surface area contributed by atoms with E-state index >= 15 is 0 Å². The quantitative estimate of drug-likeness (QED) is 0.114. The molecule has 2 aliphatic heterocycles. The van der Waals surface area contributed by atoms with Gasteiger partial charge in [-0.25, -0.2) is 19.6 Å².